The maximum atomic E-state index is 13.7. The van der Waals surface area contributed by atoms with E-state index in [1.165, 1.54) is 0 Å². The summed E-state index contributed by atoms with van der Waals surface area (Å²) in [6, 6.07) is 19.4. The van der Waals surface area contributed by atoms with Crippen molar-refractivity contribution in [1.29, 1.82) is 0 Å². The second kappa shape index (κ2) is 6.60. The normalized spacial score (nSPS) is 15.8. The van der Waals surface area contributed by atoms with Crippen molar-refractivity contribution in [1.82, 2.24) is 4.98 Å². The van der Waals surface area contributed by atoms with Crippen LogP contribution in [0, 0.1) is 0 Å². The number of rotatable bonds is 2. The number of nitrogens with one attached hydrogen (secondary N) is 1. The summed E-state index contributed by atoms with van der Waals surface area (Å²) in [6.45, 7) is 1.72. The number of para-hydroxylation sites is 3. The van der Waals surface area contributed by atoms with Gasteiger partial charge in [-0.3, -0.25) is 14.5 Å². The smallest absolute Gasteiger partial charge is 0.259 e. The number of carbonyl (C=O) groups excluding carboxylic acids is 2. The van der Waals surface area contributed by atoms with Crippen molar-refractivity contribution in [3.63, 3.8) is 0 Å². The minimum atomic E-state index is -0.642. The first-order chi connectivity index (χ1) is 14.1. The van der Waals surface area contributed by atoms with E-state index in [0.717, 1.165) is 5.39 Å². The van der Waals surface area contributed by atoms with Crippen LogP contribution >= 0.6 is 0 Å². The molecule has 0 fully saturated rings. The van der Waals surface area contributed by atoms with Crippen LogP contribution in [0.25, 0.3) is 22.4 Å². The molecule has 1 atom stereocenters. The van der Waals surface area contributed by atoms with Crippen molar-refractivity contribution >= 4 is 34.1 Å². The van der Waals surface area contributed by atoms with Gasteiger partial charge in [-0.25, -0.2) is 4.98 Å². The summed E-state index contributed by atoms with van der Waals surface area (Å²) >= 11 is 0. The van der Waals surface area contributed by atoms with Gasteiger partial charge >= 0.3 is 0 Å². The van der Waals surface area contributed by atoms with E-state index in [1.54, 1.807) is 42.4 Å². The number of hydrogen-bond donors (Lipinski definition) is 1. The van der Waals surface area contributed by atoms with Crippen molar-refractivity contribution in [2.45, 2.75) is 13.0 Å². The van der Waals surface area contributed by atoms with E-state index in [2.05, 4.69) is 10.3 Å². The summed E-state index contributed by atoms with van der Waals surface area (Å²) in [5.41, 5.74) is 3.02. The Morgan fingerprint density at radius 1 is 1.07 bits per heavy atom. The highest BCUT2D eigenvalue weighted by atomic mass is 16.3. The van der Waals surface area contributed by atoms with E-state index in [9.17, 15) is 9.59 Å². The first kappa shape index (κ1) is 17.2. The van der Waals surface area contributed by atoms with E-state index in [1.807, 2.05) is 42.5 Å². The molecule has 0 bridgehead atoms. The van der Waals surface area contributed by atoms with Crippen molar-refractivity contribution in [3.8, 4) is 11.5 Å². The molecule has 3 heterocycles. The van der Waals surface area contributed by atoms with E-state index in [4.69, 9.17) is 4.42 Å². The van der Waals surface area contributed by atoms with Gasteiger partial charge in [-0.05, 0) is 43.3 Å². The summed E-state index contributed by atoms with van der Waals surface area (Å²) in [4.78, 5) is 32.4. The molecule has 0 aliphatic carbocycles. The number of benzene rings is 2. The number of fused-ring (bicyclic) bond motifs is 2. The van der Waals surface area contributed by atoms with Crippen LogP contribution in [0.15, 0.2) is 77.4 Å². The molecule has 0 saturated heterocycles. The molecule has 1 N–H and O–H groups in total. The van der Waals surface area contributed by atoms with Gasteiger partial charge in [0.2, 0.25) is 5.91 Å². The SMILES string of the molecule is CC1C(=O)Nc2ccccc2N1C(=O)c1cc(-c2ccco2)nc2ccccc12. The monoisotopic (exact) mass is 383 g/mol. The third kappa shape index (κ3) is 2.77. The molecule has 2 aromatic heterocycles. The lowest BCUT2D eigenvalue weighted by Gasteiger charge is -2.34. The third-order valence-electron chi connectivity index (χ3n) is 5.13. The Morgan fingerprint density at radius 2 is 1.86 bits per heavy atom. The quantitative estimate of drug-likeness (QED) is 0.554. The largest absolute Gasteiger partial charge is 0.463 e. The Kier molecular flexibility index (Phi) is 3.91. The van der Waals surface area contributed by atoms with Gasteiger partial charge in [0.15, 0.2) is 5.76 Å². The van der Waals surface area contributed by atoms with Crippen LogP contribution in [0.4, 0.5) is 11.4 Å². The molecular formula is C23H17N3O3. The van der Waals surface area contributed by atoms with Gasteiger partial charge in [0.05, 0.1) is 28.7 Å². The third-order valence-corrected chi connectivity index (χ3v) is 5.13. The van der Waals surface area contributed by atoms with E-state index >= 15 is 0 Å². The second-order valence-corrected chi connectivity index (χ2v) is 6.91. The van der Waals surface area contributed by atoms with Gasteiger partial charge < -0.3 is 9.73 Å². The summed E-state index contributed by atoms with van der Waals surface area (Å²) in [5, 5.41) is 3.58. The molecule has 5 rings (SSSR count). The molecule has 29 heavy (non-hydrogen) atoms. The van der Waals surface area contributed by atoms with Crippen LogP contribution in [0.1, 0.15) is 17.3 Å². The standard InChI is InChI=1S/C23H17N3O3/c1-14-22(27)25-18-9-4-5-10-20(18)26(14)23(28)16-13-19(21-11-6-12-29-21)24-17-8-3-2-7-15(16)17/h2-14H,1H3,(H,25,27). The zero-order valence-corrected chi connectivity index (χ0v) is 15.6. The van der Waals surface area contributed by atoms with Crippen molar-refractivity contribution in [3.05, 3.63) is 78.6 Å². The second-order valence-electron chi connectivity index (χ2n) is 6.91. The molecular weight excluding hydrogens is 366 g/mol. The number of pyridine rings is 1. The lowest BCUT2D eigenvalue weighted by atomic mass is 10.0. The maximum Gasteiger partial charge on any atom is 0.259 e. The Balaban J connectivity index is 1.71. The molecule has 142 valence electrons. The Hall–Kier alpha value is -3.93. The molecule has 0 saturated carbocycles. The number of carbonyl (C=O) groups is 2. The fraction of sp³-hybridized carbons (Fsp3) is 0.0870. The molecule has 1 aliphatic heterocycles. The number of hydrogen-bond acceptors (Lipinski definition) is 4. The zero-order valence-electron chi connectivity index (χ0n) is 15.6. The Morgan fingerprint density at radius 3 is 2.69 bits per heavy atom. The topological polar surface area (TPSA) is 75.4 Å². The van der Waals surface area contributed by atoms with Crippen LogP contribution < -0.4 is 10.2 Å². The molecule has 0 spiro atoms. The van der Waals surface area contributed by atoms with Crippen molar-refractivity contribution in [2.24, 2.45) is 0 Å². The number of aromatic nitrogens is 1. The van der Waals surface area contributed by atoms with Gasteiger partial charge in [-0.15, -0.1) is 0 Å². The number of amides is 2. The lowest BCUT2D eigenvalue weighted by molar-refractivity contribution is -0.117. The van der Waals surface area contributed by atoms with Gasteiger partial charge in [0, 0.05) is 5.39 Å². The molecule has 0 radical (unpaired) electrons. The summed E-state index contributed by atoms with van der Waals surface area (Å²) < 4.78 is 5.49. The molecule has 4 aromatic rings. The zero-order chi connectivity index (χ0) is 20.0. The summed E-state index contributed by atoms with van der Waals surface area (Å²) in [5.74, 6) is 0.0996. The van der Waals surface area contributed by atoms with Crippen molar-refractivity contribution in [2.75, 3.05) is 10.2 Å². The highest BCUT2D eigenvalue weighted by Gasteiger charge is 2.35. The average molecular weight is 383 g/mol. The van der Waals surface area contributed by atoms with E-state index in [0.29, 0.717) is 33.9 Å². The minimum Gasteiger partial charge on any atom is -0.463 e. The number of anilines is 2. The van der Waals surface area contributed by atoms with Gasteiger partial charge in [-0.2, -0.15) is 0 Å². The molecule has 1 unspecified atom stereocenters. The van der Waals surface area contributed by atoms with Gasteiger partial charge in [0.1, 0.15) is 11.7 Å². The first-order valence-electron chi connectivity index (χ1n) is 9.30. The van der Waals surface area contributed by atoms with Crippen LogP contribution in [0.3, 0.4) is 0 Å². The van der Waals surface area contributed by atoms with Crippen LogP contribution in [-0.4, -0.2) is 22.8 Å². The lowest BCUT2D eigenvalue weighted by Crippen LogP contribution is -2.49. The molecule has 6 heteroatoms. The highest BCUT2D eigenvalue weighted by Crippen LogP contribution is 2.34. The van der Waals surface area contributed by atoms with E-state index in [-0.39, 0.29) is 11.8 Å². The Bertz CT molecular complexity index is 1250. The summed E-state index contributed by atoms with van der Waals surface area (Å²) in [7, 11) is 0. The minimum absolute atomic E-state index is 0.221. The van der Waals surface area contributed by atoms with Gasteiger partial charge in [-0.1, -0.05) is 30.3 Å². The average Bonchev–Trinajstić information content (AvgIpc) is 3.28. The molecule has 1 aliphatic rings. The van der Waals surface area contributed by atoms with Crippen molar-refractivity contribution < 1.29 is 14.0 Å². The molecule has 6 nitrogen and oxygen atoms in total. The maximum absolute atomic E-state index is 13.7. The highest BCUT2D eigenvalue weighted by molar-refractivity contribution is 6.20. The fourth-order valence-corrected chi connectivity index (χ4v) is 3.67. The van der Waals surface area contributed by atoms with E-state index < -0.39 is 6.04 Å². The predicted octanol–water partition coefficient (Wildman–Crippen LogP) is 4.48. The Labute approximate surface area is 166 Å². The summed E-state index contributed by atoms with van der Waals surface area (Å²) in [6.07, 6.45) is 1.57. The number of nitrogens with zero attached hydrogens (tertiary/aromatic N) is 2. The first-order valence-corrected chi connectivity index (χ1v) is 9.30. The van der Waals surface area contributed by atoms with Crippen LogP contribution in [-0.2, 0) is 4.79 Å². The fourth-order valence-electron chi connectivity index (χ4n) is 3.67. The molecule has 2 aromatic carbocycles. The van der Waals surface area contributed by atoms with Gasteiger partial charge in [0.25, 0.3) is 5.91 Å². The number of furan rings is 1. The van der Waals surface area contributed by atoms with Crippen LogP contribution in [0.2, 0.25) is 0 Å². The predicted molar refractivity (Wildman–Crippen MR) is 111 cm³/mol. The van der Waals surface area contributed by atoms with Crippen LogP contribution in [0.5, 0.6) is 0 Å². The molecule has 2 amide bonds.